The molecule has 0 saturated carbocycles. The van der Waals surface area contributed by atoms with Gasteiger partial charge in [0.15, 0.2) is 0 Å². The fourth-order valence-corrected chi connectivity index (χ4v) is 4.36. The van der Waals surface area contributed by atoms with E-state index in [0.29, 0.717) is 35.2 Å². The number of aryl methyl sites for hydroxylation is 1. The van der Waals surface area contributed by atoms with Crippen molar-refractivity contribution in [3.05, 3.63) is 82.7 Å². The van der Waals surface area contributed by atoms with Gasteiger partial charge in [0.1, 0.15) is 17.1 Å². The van der Waals surface area contributed by atoms with Crippen LogP contribution in [0.2, 0.25) is 5.02 Å². The summed E-state index contributed by atoms with van der Waals surface area (Å²) in [4.78, 5) is 22.2. The van der Waals surface area contributed by atoms with Gasteiger partial charge < -0.3 is 19.5 Å². The van der Waals surface area contributed by atoms with Crippen LogP contribution in [0.5, 0.6) is 0 Å². The summed E-state index contributed by atoms with van der Waals surface area (Å²) in [6.07, 6.45) is 1.61. The van der Waals surface area contributed by atoms with Crippen LogP contribution < -0.4 is 10.2 Å². The number of pyridine rings is 1. The maximum absolute atomic E-state index is 13.3. The molecule has 0 radical (unpaired) electrons. The number of piperazine rings is 1. The quantitative estimate of drug-likeness (QED) is 0.416. The summed E-state index contributed by atoms with van der Waals surface area (Å²) in [5, 5.41) is 4.77. The Morgan fingerprint density at radius 1 is 1.03 bits per heavy atom. The monoisotopic (exact) mass is 460 g/mol. The molecule has 1 aliphatic heterocycles. The lowest BCUT2D eigenvalue weighted by molar-refractivity contribution is 0.0741. The van der Waals surface area contributed by atoms with E-state index in [0.717, 1.165) is 24.2 Å². The zero-order valence-electron chi connectivity index (χ0n) is 18.6. The van der Waals surface area contributed by atoms with Crippen molar-refractivity contribution >= 4 is 45.7 Å². The normalized spacial score (nSPS) is 14.0. The van der Waals surface area contributed by atoms with E-state index >= 15 is 0 Å². The number of amides is 1. The Labute approximate surface area is 197 Å². The molecule has 4 aromatic rings. The van der Waals surface area contributed by atoms with Crippen LogP contribution in [0.3, 0.4) is 0 Å². The van der Waals surface area contributed by atoms with Gasteiger partial charge >= 0.3 is 0 Å². The second kappa shape index (κ2) is 8.79. The number of hydrogen-bond donors (Lipinski definition) is 1. The van der Waals surface area contributed by atoms with Gasteiger partial charge in [-0.2, -0.15) is 0 Å². The Hall–Kier alpha value is -3.51. The van der Waals surface area contributed by atoms with E-state index < -0.39 is 0 Å². The van der Waals surface area contributed by atoms with Crippen molar-refractivity contribution in [2.75, 3.05) is 36.4 Å². The second-order valence-corrected chi connectivity index (χ2v) is 8.76. The Balaban J connectivity index is 1.35. The first-order chi connectivity index (χ1) is 16.0. The molecule has 0 unspecified atom stereocenters. The molecule has 2 aromatic carbocycles. The number of nitrogens with zero attached hydrogens (tertiary/aromatic N) is 3. The summed E-state index contributed by atoms with van der Waals surface area (Å²) in [6, 6.07) is 17.3. The van der Waals surface area contributed by atoms with Crippen molar-refractivity contribution in [1.82, 2.24) is 9.88 Å². The van der Waals surface area contributed by atoms with Crippen LogP contribution in [0.15, 0.2) is 65.3 Å². The Morgan fingerprint density at radius 3 is 2.55 bits per heavy atom. The molecule has 0 spiro atoms. The third kappa shape index (κ3) is 4.26. The molecular weight excluding hydrogens is 436 g/mol. The first kappa shape index (κ1) is 21.3. The molecule has 3 heterocycles. The molecule has 5 rings (SSSR count). The fraction of sp³-hybridized carbons (Fsp3) is 0.231. The lowest BCUT2D eigenvalue weighted by Crippen LogP contribution is -2.49. The van der Waals surface area contributed by atoms with Crippen LogP contribution in [-0.2, 0) is 0 Å². The number of carbonyl (C=O) groups is 1. The molecule has 7 heteroatoms. The van der Waals surface area contributed by atoms with Crippen LogP contribution >= 0.6 is 11.6 Å². The molecule has 1 amide bonds. The molecule has 0 aliphatic carbocycles. The van der Waals surface area contributed by atoms with Crippen LogP contribution in [0.25, 0.3) is 11.0 Å². The highest BCUT2D eigenvalue weighted by Crippen LogP contribution is 2.28. The summed E-state index contributed by atoms with van der Waals surface area (Å²) in [5.41, 5.74) is 5.64. The molecule has 1 N–H and O–H groups in total. The van der Waals surface area contributed by atoms with Crippen LogP contribution in [-0.4, -0.2) is 42.0 Å². The molecule has 6 nitrogen and oxygen atoms in total. The summed E-state index contributed by atoms with van der Waals surface area (Å²) in [7, 11) is 0. The minimum Gasteiger partial charge on any atom is -0.464 e. The van der Waals surface area contributed by atoms with Crippen LogP contribution in [0, 0.1) is 13.8 Å². The highest BCUT2D eigenvalue weighted by molar-refractivity contribution is 6.30. The largest absolute Gasteiger partial charge is 0.464 e. The zero-order valence-corrected chi connectivity index (χ0v) is 19.4. The minimum absolute atomic E-state index is 0.0897. The number of rotatable bonds is 4. The number of furan rings is 1. The summed E-state index contributed by atoms with van der Waals surface area (Å²) in [5.74, 6) is 0.494. The smallest absolute Gasteiger partial charge is 0.272 e. The summed E-state index contributed by atoms with van der Waals surface area (Å²) >= 11 is 6.00. The molecule has 33 heavy (non-hydrogen) atoms. The third-order valence-electron chi connectivity index (χ3n) is 6.26. The van der Waals surface area contributed by atoms with E-state index in [2.05, 4.69) is 47.2 Å². The SMILES string of the molecule is Cc1cccc(N2CCN(C(=O)c3cc4occc4c(Nc4ccc(Cl)cc4)n3)CC2)c1C. The van der Waals surface area contributed by atoms with Gasteiger partial charge in [0.05, 0.1) is 11.6 Å². The zero-order chi connectivity index (χ0) is 22.9. The van der Waals surface area contributed by atoms with Gasteiger partial charge in [-0.15, -0.1) is 0 Å². The fourth-order valence-electron chi connectivity index (χ4n) is 4.23. The van der Waals surface area contributed by atoms with Gasteiger partial charge in [-0.05, 0) is 61.4 Å². The molecule has 168 valence electrons. The second-order valence-electron chi connectivity index (χ2n) is 8.32. The summed E-state index contributed by atoms with van der Waals surface area (Å²) in [6.45, 7) is 7.14. The van der Waals surface area contributed by atoms with E-state index in [9.17, 15) is 4.79 Å². The van der Waals surface area contributed by atoms with Crippen molar-refractivity contribution < 1.29 is 9.21 Å². The molecule has 1 aliphatic rings. The van der Waals surface area contributed by atoms with Crippen molar-refractivity contribution in [3.63, 3.8) is 0 Å². The van der Waals surface area contributed by atoms with Crippen LogP contribution in [0.4, 0.5) is 17.2 Å². The van der Waals surface area contributed by atoms with Gasteiger partial charge in [-0.1, -0.05) is 23.7 Å². The topological polar surface area (TPSA) is 61.6 Å². The van der Waals surface area contributed by atoms with Gasteiger partial charge in [-0.3, -0.25) is 4.79 Å². The van der Waals surface area contributed by atoms with Crippen molar-refractivity contribution in [1.29, 1.82) is 0 Å². The van der Waals surface area contributed by atoms with Crippen molar-refractivity contribution in [2.24, 2.45) is 0 Å². The van der Waals surface area contributed by atoms with E-state index in [1.807, 2.05) is 23.1 Å². The van der Waals surface area contributed by atoms with E-state index in [-0.39, 0.29) is 5.91 Å². The average Bonchev–Trinajstić information content (AvgIpc) is 3.31. The maximum Gasteiger partial charge on any atom is 0.272 e. The number of nitrogens with one attached hydrogen (secondary N) is 1. The molecule has 1 saturated heterocycles. The number of aromatic nitrogens is 1. The molecular formula is C26H25ClN4O2. The minimum atomic E-state index is -0.0897. The lowest BCUT2D eigenvalue weighted by Gasteiger charge is -2.37. The lowest BCUT2D eigenvalue weighted by atomic mass is 10.1. The van der Waals surface area contributed by atoms with E-state index in [1.54, 1.807) is 24.5 Å². The number of carbonyl (C=O) groups excluding carboxylic acids is 1. The maximum atomic E-state index is 13.3. The number of fused-ring (bicyclic) bond motifs is 1. The van der Waals surface area contributed by atoms with E-state index in [1.165, 1.54) is 16.8 Å². The van der Waals surface area contributed by atoms with Gasteiger partial charge in [0.2, 0.25) is 0 Å². The number of anilines is 3. The average molecular weight is 461 g/mol. The van der Waals surface area contributed by atoms with Crippen molar-refractivity contribution in [3.8, 4) is 0 Å². The molecule has 0 atom stereocenters. The third-order valence-corrected chi connectivity index (χ3v) is 6.51. The summed E-state index contributed by atoms with van der Waals surface area (Å²) < 4.78 is 5.61. The Morgan fingerprint density at radius 2 is 1.79 bits per heavy atom. The number of hydrogen-bond acceptors (Lipinski definition) is 5. The Bertz CT molecular complexity index is 1310. The van der Waals surface area contributed by atoms with Gasteiger partial charge in [0, 0.05) is 48.6 Å². The standard InChI is InChI=1S/C26H25ClN4O2/c1-17-4-3-5-23(18(17)2)30-11-13-31(14-12-30)26(32)22-16-24-21(10-15-33-24)25(29-22)28-20-8-6-19(27)7-9-20/h3-10,15-16H,11-14H2,1-2H3,(H,28,29). The van der Waals surface area contributed by atoms with Gasteiger partial charge in [-0.25, -0.2) is 4.98 Å². The predicted octanol–water partition coefficient (Wildman–Crippen LogP) is 5.80. The Kier molecular flexibility index (Phi) is 5.68. The number of benzene rings is 2. The van der Waals surface area contributed by atoms with E-state index in [4.69, 9.17) is 16.0 Å². The molecule has 1 fully saturated rings. The first-order valence-corrected chi connectivity index (χ1v) is 11.4. The molecule has 2 aromatic heterocycles. The first-order valence-electron chi connectivity index (χ1n) is 11.0. The highest BCUT2D eigenvalue weighted by atomic mass is 35.5. The van der Waals surface area contributed by atoms with Gasteiger partial charge in [0.25, 0.3) is 5.91 Å². The highest BCUT2D eigenvalue weighted by Gasteiger charge is 2.25. The predicted molar refractivity (Wildman–Crippen MR) is 133 cm³/mol. The number of halogens is 1. The van der Waals surface area contributed by atoms with Crippen LogP contribution in [0.1, 0.15) is 21.6 Å². The molecule has 0 bridgehead atoms. The van der Waals surface area contributed by atoms with Crippen molar-refractivity contribution in [2.45, 2.75) is 13.8 Å².